The van der Waals surface area contributed by atoms with Crippen LogP contribution < -0.4 is 5.73 Å². The van der Waals surface area contributed by atoms with Crippen LogP contribution in [0.4, 0.5) is 0 Å². The highest BCUT2D eigenvalue weighted by Crippen LogP contribution is 2.36. The molecule has 0 bridgehead atoms. The molecule has 7 heteroatoms. The number of amides is 2. The summed E-state index contributed by atoms with van der Waals surface area (Å²) in [5.41, 5.74) is 9.38. The van der Waals surface area contributed by atoms with Crippen LogP contribution in [0, 0.1) is 0 Å². The van der Waals surface area contributed by atoms with Crippen molar-refractivity contribution in [3.05, 3.63) is 65.2 Å². The van der Waals surface area contributed by atoms with E-state index < -0.39 is 12.1 Å². The summed E-state index contributed by atoms with van der Waals surface area (Å²) in [6.45, 7) is 0.504. The predicted octanol–water partition coefficient (Wildman–Crippen LogP) is 3.31. The Kier molecular flexibility index (Phi) is 6.49. The molecule has 1 heterocycles. The third kappa shape index (κ3) is 4.55. The number of benzene rings is 2. The first kappa shape index (κ1) is 21.7. The van der Waals surface area contributed by atoms with Gasteiger partial charge in [-0.2, -0.15) is 0 Å². The van der Waals surface area contributed by atoms with Gasteiger partial charge in [-0.3, -0.25) is 9.59 Å². The third-order valence-electron chi connectivity index (χ3n) is 6.35. The van der Waals surface area contributed by atoms with E-state index >= 15 is 0 Å². The quantitative estimate of drug-likeness (QED) is 0.697. The molecule has 0 radical (unpaired) electrons. The molecule has 4 rings (SSSR count). The number of likely N-dealkylation sites (tertiary alicyclic amines) is 1. The first-order valence-corrected chi connectivity index (χ1v) is 11.2. The number of phenolic OH excluding ortho intramolecular Hbond substituents is 1. The maximum Gasteiger partial charge on any atom is 0.260 e. The largest absolute Gasteiger partial charge is 0.508 e. The first-order valence-electron chi connectivity index (χ1n) is 10.9. The fourth-order valence-electron chi connectivity index (χ4n) is 4.73. The standard InChI is InChI=1S/C24H28ClN3O3/c25-28(21-8-3-6-17-5-1-2-7-19(17)21)24(31)22-9-4-14-27(22)23(30)20(26)15-16-10-12-18(29)13-11-16/h1-2,5,7,10-13,20-22,29H,3-4,6,8-9,14-15,26H2/t20-,21+,22-/m0/s1. The average Bonchev–Trinajstić information content (AvgIpc) is 3.28. The van der Waals surface area contributed by atoms with Gasteiger partial charge in [-0.25, -0.2) is 4.42 Å². The summed E-state index contributed by atoms with van der Waals surface area (Å²) in [5, 5.41) is 9.43. The van der Waals surface area contributed by atoms with Gasteiger partial charge in [0, 0.05) is 18.3 Å². The summed E-state index contributed by atoms with van der Waals surface area (Å²) >= 11 is 6.60. The number of carbonyl (C=O) groups is 2. The number of nitrogens with zero attached hydrogens (tertiary/aromatic N) is 2. The van der Waals surface area contributed by atoms with Crippen LogP contribution >= 0.6 is 11.8 Å². The maximum absolute atomic E-state index is 13.3. The second-order valence-electron chi connectivity index (χ2n) is 8.42. The van der Waals surface area contributed by atoms with Crippen molar-refractivity contribution in [1.29, 1.82) is 0 Å². The minimum Gasteiger partial charge on any atom is -0.508 e. The Balaban J connectivity index is 1.45. The lowest BCUT2D eigenvalue weighted by molar-refractivity contribution is -0.142. The second kappa shape index (κ2) is 9.28. The molecule has 2 aromatic carbocycles. The van der Waals surface area contributed by atoms with Crippen LogP contribution in [0.25, 0.3) is 0 Å². The Morgan fingerprint density at radius 3 is 2.65 bits per heavy atom. The molecule has 2 aliphatic rings. The van der Waals surface area contributed by atoms with Crippen LogP contribution in [0.5, 0.6) is 5.75 Å². The van der Waals surface area contributed by atoms with Crippen molar-refractivity contribution in [3.8, 4) is 5.75 Å². The second-order valence-corrected chi connectivity index (χ2v) is 8.79. The molecule has 0 unspecified atom stereocenters. The molecule has 3 atom stereocenters. The summed E-state index contributed by atoms with van der Waals surface area (Å²) in [6.07, 6.45) is 4.47. The minimum absolute atomic E-state index is 0.167. The molecule has 164 valence electrons. The van der Waals surface area contributed by atoms with Crippen LogP contribution in [0.15, 0.2) is 48.5 Å². The zero-order valence-corrected chi connectivity index (χ0v) is 18.2. The van der Waals surface area contributed by atoms with Gasteiger partial charge in [-0.05, 0) is 67.3 Å². The number of aryl methyl sites for hydroxylation is 1. The van der Waals surface area contributed by atoms with Gasteiger partial charge in [0.15, 0.2) is 0 Å². The smallest absolute Gasteiger partial charge is 0.260 e. The van der Waals surface area contributed by atoms with E-state index in [-0.39, 0.29) is 23.6 Å². The lowest BCUT2D eigenvalue weighted by atomic mass is 9.87. The van der Waals surface area contributed by atoms with E-state index in [0.717, 1.165) is 36.8 Å². The number of phenols is 1. The highest BCUT2D eigenvalue weighted by atomic mass is 35.5. The Hall–Kier alpha value is -2.57. The fraction of sp³-hybridized carbons (Fsp3) is 0.417. The van der Waals surface area contributed by atoms with Gasteiger partial charge in [-0.15, -0.1) is 0 Å². The van der Waals surface area contributed by atoms with Crippen molar-refractivity contribution in [3.63, 3.8) is 0 Å². The van der Waals surface area contributed by atoms with Crippen molar-refractivity contribution in [2.75, 3.05) is 6.54 Å². The molecule has 2 amide bonds. The molecular formula is C24H28ClN3O3. The van der Waals surface area contributed by atoms with E-state index in [4.69, 9.17) is 17.5 Å². The number of halogens is 1. The van der Waals surface area contributed by atoms with Crippen molar-refractivity contribution >= 4 is 23.6 Å². The monoisotopic (exact) mass is 441 g/mol. The summed E-state index contributed by atoms with van der Waals surface area (Å²) in [4.78, 5) is 28.0. The van der Waals surface area contributed by atoms with E-state index in [0.29, 0.717) is 19.4 Å². The molecule has 1 saturated heterocycles. The van der Waals surface area contributed by atoms with E-state index in [2.05, 4.69) is 6.07 Å². The number of nitrogens with two attached hydrogens (primary N) is 1. The molecule has 0 spiro atoms. The molecule has 1 aliphatic heterocycles. The van der Waals surface area contributed by atoms with Crippen molar-refractivity contribution < 1.29 is 14.7 Å². The van der Waals surface area contributed by atoms with Crippen molar-refractivity contribution in [1.82, 2.24) is 9.32 Å². The molecule has 3 N–H and O–H groups in total. The van der Waals surface area contributed by atoms with E-state index in [1.807, 2.05) is 18.2 Å². The molecule has 0 saturated carbocycles. The lowest BCUT2D eigenvalue weighted by Gasteiger charge is -2.34. The van der Waals surface area contributed by atoms with Crippen molar-refractivity contribution in [2.24, 2.45) is 5.73 Å². The highest BCUT2D eigenvalue weighted by Gasteiger charge is 2.40. The van der Waals surface area contributed by atoms with Crippen LogP contribution in [-0.4, -0.2) is 44.9 Å². The van der Waals surface area contributed by atoms with Crippen LogP contribution in [-0.2, 0) is 22.4 Å². The molecule has 1 aliphatic carbocycles. The van der Waals surface area contributed by atoms with E-state index in [1.54, 1.807) is 29.2 Å². The zero-order chi connectivity index (χ0) is 22.0. The van der Waals surface area contributed by atoms with Crippen LogP contribution in [0.2, 0.25) is 0 Å². The molecule has 2 aromatic rings. The lowest BCUT2D eigenvalue weighted by Crippen LogP contribution is -2.51. The fourth-order valence-corrected chi connectivity index (χ4v) is 5.05. The van der Waals surface area contributed by atoms with Crippen LogP contribution in [0.3, 0.4) is 0 Å². The van der Waals surface area contributed by atoms with Gasteiger partial charge in [-0.1, -0.05) is 36.4 Å². The Bertz CT molecular complexity index is 949. The molecule has 1 fully saturated rings. The van der Waals surface area contributed by atoms with Gasteiger partial charge in [0.25, 0.3) is 5.91 Å². The molecule has 31 heavy (non-hydrogen) atoms. The number of rotatable bonds is 5. The third-order valence-corrected chi connectivity index (χ3v) is 6.75. The minimum atomic E-state index is -0.753. The van der Waals surface area contributed by atoms with Gasteiger partial charge in [0.05, 0.1) is 12.1 Å². The number of fused-ring (bicyclic) bond motifs is 1. The van der Waals surface area contributed by atoms with Gasteiger partial charge < -0.3 is 15.7 Å². The summed E-state index contributed by atoms with van der Waals surface area (Å²) in [5.74, 6) is -0.301. The molecule has 6 nitrogen and oxygen atoms in total. The van der Waals surface area contributed by atoms with Gasteiger partial charge in [0.2, 0.25) is 5.91 Å². The van der Waals surface area contributed by atoms with Gasteiger partial charge >= 0.3 is 0 Å². The normalized spacial score (nSPS) is 21.4. The highest BCUT2D eigenvalue weighted by molar-refractivity contribution is 6.22. The molecule has 0 aromatic heterocycles. The SMILES string of the molecule is N[C@@H](Cc1ccc(O)cc1)C(=O)N1CCC[C@H]1C(=O)N(Cl)[C@@H]1CCCc2ccccc21. The number of hydrogen-bond acceptors (Lipinski definition) is 4. The first-order chi connectivity index (χ1) is 15.0. The summed E-state index contributed by atoms with van der Waals surface area (Å²) < 4.78 is 1.32. The zero-order valence-electron chi connectivity index (χ0n) is 17.4. The van der Waals surface area contributed by atoms with Crippen LogP contribution in [0.1, 0.15) is 48.4 Å². The Morgan fingerprint density at radius 1 is 1.13 bits per heavy atom. The van der Waals surface area contributed by atoms with E-state index in [9.17, 15) is 14.7 Å². The Labute approximate surface area is 187 Å². The maximum atomic E-state index is 13.3. The van der Waals surface area contributed by atoms with Crippen molar-refractivity contribution in [2.45, 2.75) is 56.7 Å². The number of carbonyl (C=O) groups excluding carboxylic acids is 2. The number of aromatic hydroxyl groups is 1. The average molecular weight is 442 g/mol. The van der Waals surface area contributed by atoms with E-state index in [1.165, 1.54) is 9.98 Å². The Morgan fingerprint density at radius 2 is 1.87 bits per heavy atom. The molecular weight excluding hydrogens is 414 g/mol. The summed E-state index contributed by atoms with van der Waals surface area (Å²) in [7, 11) is 0. The van der Waals surface area contributed by atoms with Gasteiger partial charge in [0.1, 0.15) is 11.8 Å². The number of hydrogen-bond donors (Lipinski definition) is 2. The summed E-state index contributed by atoms with van der Waals surface area (Å²) in [6, 6.07) is 13.2. The topological polar surface area (TPSA) is 86.9 Å². The predicted molar refractivity (Wildman–Crippen MR) is 119 cm³/mol.